The van der Waals surface area contributed by atoms with E-state index in [1.807, 2.05) is 0 Å². The van der Waals surface area contributed by atoms with Gasteiger partial charge < -0.3 is 26.6 Å². The van der Waals surface area contributed by atoms with E-state index in [1.165, 1.54) is 62.6 Å². The molecule has 0 unspecified atom stereocenters. The molecule has 0 aromatic heterocycles. The van der Waals surface area contributed by atoms with Crippen LogP contribution in [0.25, 0.3) is 0 Å². The van der Waals surface area contributed by atoms with Crippen molar-refractivity contribution in [2.75, 3.05) is 91.6 Å². The first kappa shape index (κ1) is 33.1. The predicted octanol–water partition coefficient (Wildman–Crippen LogP) is 3.02. The third kappa shape index (κ3) is 17.5. The second kappa shape index (κ2) is 23.8. The van der Waals surface area contributed by atoms with Crippen molar-refractivity contribution in [3.63, 3.8) is 0 Å². The SMILES string of the molecule is CCCCCNCCNCCCN(CCC)Cc1ccc(CN2CCCNCCNCCCNCC2)cc1. The Kier molecular flexibility index (Phi) is 20.8. The molecule has 0 saturated carbocycles. The minimum atomic E-state index is 1.04. The van der Waals surface area contributed by atoms with Crippen LogP contribution in [0.3, 0.4) is 0 Å². The van der Waals surface area contributed by atoms with Crippen molar-refractivity contribution in [1.29, 1.82) is 0 Å². The molecule has 1 heterocycles. The first-order valence-corrected chi connectivity index (χ1v) is 15.9. The Morgan fingerprint density at radius 3 is 2.03 bits per heavy atom. The van der Waals surface area contributed by atoms with Crippen LogP contribution in [0.1, 0.15) is 69.9 Å². The Hall–Kier alpha value is -1.06. The number of rotatable bonds is 17. The van der Waals surface area contributed by atoms with Crippen LogP contribution in [-0.2, 0) is 13.1 Å². The van der Waals surface area contributed by atoms with E-state index in [9.17, 15) is 0 Å². The quantitative estimate of drug-likeness (QED) is 0.198. The standard InChI is InChI=1S/C31H61N7/c1-3-5-6-14-32-19-21-34-17-8-25-37(24-4-2)28-30-10-12-31(13-11-30)29-38-26-9-18-35-22-20-33-15-7-16-36-23-27-38/h10-13,32-36H,3-9,14-29H2,1-2H3. The Morgan fingerprint density at radius 1 is 0.658 bits per heavy atom. The van der Waals surface area contributed by atoms with Gasteiger partial charge in [0.2, 0.25) is 0 Å². The van der Waals surface area contributed by atoms with Crippen LogP contribution < -0.4 is 26.6 Å². The van der Waals surface area contributed by atoms with Gasteiger partial charge in [-0.2, -0.15) is 0 Å². The highest BCUT2D eigenvalue weighted by atomic mass is 15.1. The molecular weight excluding hydrogens is 470 g/mol. The summed E-state index contributed by atoms with van der Waals surface area (Å²) in [6.07, 6.45) is 8.76. The lowest BCUT2D eigenvalue weighted by Gasteiger charge is -2.24. The van der Waals surface area contributed by atoms with Crippen molar-refractivity contribution in [3.05, 3.63) is 35.4 Å². The number of benzene rings is 1. The maximum atomic E-state index is 3.63. The Bertz CT molecular complexity index is 626. The van der Waals surface area contributed by atoms with Gasteiger partial charge in [-0.25, -0.2) is 0 Å². The topological polar surface area (TPSA) is 66.6 Å². The summed E-state index contributed by atoms with van der Waals surface area (Å²) in [4.78, 5) is 5.24. The van der Waals surface area contributed by atoms with Gasteiger partial charge >= 0.3 is 0 Å². The van der Waals surface area contributed by atoms with Crippen LogP contribution in [-0.4, -0.2) is 101 Å². The molecule has 0 amide bonds. The van der Waals surface area contributed by atoms with E-state index in [0.29, 0.717) is 0 Å². The zero-order chi connectivity index (χ0) is 26.9. The summed E-state index contributed by atoms with van der Waals surface area (Å²) < 4.78 is 0. The number of nitrogens with one attached hydrogen (secondary N) is 5. The summed E-state index contributed by atoms with van der Waals surface area (Å²) in [6, 6.07) is 9.43. The number of hydrogen-bond donors (Lipinski definition) is 5. The fourth-order valence-electron chi connectivity index (χ4n) is 5.03. The molecule has 7 heteroatoms. The Morgan fingerprint density at radius 2 is 1.32 bits per heavy atom. The molecule has 1 aromatic carbocycles. The van der Waals surface area contributed by atoms with Crippen molar-refractivity contribution < 1.29 is 0 Å². The fourth-order valence-corrected chi connectivity index (χ4v) is 5.03. The largest absolute Gasteiger partial charge is 0.315 e. The summed E-state index contributed by atoms with van der Waals surface area (Å²) in [6.45, 7) is 22.2. The highest BCUT2D eigenvalue weighted by Gasteiger charge is 2.09. The second-order valence-corrected chi connectivity index (χ2v) is 10.9. The fraction of sp³-hybridized carbons (Fsp3) is 0.806. The third-order valence-electron chi connectivity index (χ3n) is 7.26. The van der Waals surface area contributed by atoms with Gasteiger partial charge in [0.15, 0.2) is 0 Å². The van der Waals surface area contributed by atoms with Crippen LogP contribution in [0.4, 0.5) is 0 Å². The van der Waals surface area contributed by atoms with Crippen LogP contribution >= 0.6 is 0 Å². The smallest absolute Gasteiger partial charge is 0.0234 e. The zero-order valence-corrected chi connectivity index (χ0v) is 25.0. The molecule has 220 valence electrons. The van der Waals surface area contributed by atoms with E-state index in [0.717, 1.165) is 98.2 Å². The Balaban J connectivity index is 1.69. The zero-order valence-electron chi connectivity index (χ0n) is 25.0. The van der Waals surface area contributed by atoms with Crippen LogP contribution in [0.15, 0.2) is 24.3 Å². The van der Waals surface area contributed by atoms with Crippen molar-refractivity contribution in [1.82, 2.24) is 36.4 Å². The third-order valence-corrected chi connectivity index (χ3v) is 7.26. The van der Waals surface area contributed by atoms with Gasteiger partial charge in [-0.3, -0.25) is 9.80 Å². The number of nitrogens with zero attached hydrogens (tertiary/aromatic N) is 2. The first-order chi connectivity index (χ1) is 18.8. The minimum Gasteiger partial charge on any atom is -0.315 e. The van der Waals surface area contributed by atoms with Gasteiger partial charge in [-0.1, -0.05) is 51.0 Å². The highest BCUT2D eigenvalue weighted by Crippen LogP contribution is 2.11. The van der Waals surface area contributed by atoms with E-state index in [2.05, 4.69) is 74.5 Å². The number of hydrogen-bond acceptors (Lipinski definition) is 7. The van der Waals surface area contributed by atoms with Gasteiger partial charge in [-0.15, -0.1) is 0 Å². The van der Waals surface area contributed by atoms with E-state index >= 15 is 0 Å². The molecule has 1 saturated heterocycles. The average molecular weight is 532 g/mol. The summed E-state index contributed by atoms with van der Waals surface area (Å²) >= 11 is 0. The molecule has 0 spiro atoms. The van der Waals surface area contributed by atoms with Gasteiger partial charge in [0.25, 0.3) is 0 Å². The number of unbranched alkanes of at least 4 members (excludes halogenated alkanes) is 2. The monoisotopic (exact) mass is 531 g/mol. The molecule has 5 N–H and O–H groups in total. The molecule has 0 bridgehead atoms. The molecular formula is C31H61N7. The Labute approximate surface area is 235 Å². The maximum absolute atomic E-state index is 3.63. The van der Waals surface area contributed by atoms with Crippen LogP contribution in [0.5, 0.6) is 0 Å². The summed E-state index contributed by atoms with van der Waals surface area (Å²) in [5, 5.41) is 17.9. The first-order valence-electron chi connectivity index (χ1n) is 15.9. The highest BCUT2D eigenvalue weighted by molar-refractivity contribution is 5.22. The van der Waals surface area contributed by atoms with Crippen molar-refractivity contribution in [3.8, 4) is 0 Å². The maximum Gasteiger partial charge on any atom is 0.0234 e. The molecule has 1 aliphatic heterocycles. The van der Waals surface area contributed by atoms with Crippen LogP contribution in [0, 0.1) is 0 Å². The van der Waals surface area contributed by atoms with Gasteiger partial charge in [0, 0.05) is 52.4 Å². The van der Waals surface area contributed by atoms with E-state index in [4.69, 9.17) is 0 Å². The van der Waals surface area contributed by atoms with E-state index in [-0.39, 0.29) is 0 Å². The van der Waals surface area contributed by atoms with Gasteiger partial charge in [0.1, 0.15) is 0 Å². The summed E-state index contributed by atoms with van der Waals surface area (Å²) in [5.41, 5.74) is 2.87. The lowest BCUT2D eigenvalue weighted by atomic mass is 10.1. The van der Waals surface area contributed by atoms with Crippen molar-refractivity contribution >= 4 is 0 Å². The molecule has 1 aromatic rings. The van der Waals surface area contributed by atoms with Crippen molar-refractivity contribution in [2.45, 2.75) is 71.9 Å². The lowest BCUT2D eigenvalue weighted by Crippen LogP contribution is -2.36. The molecule has 38 heavy (non-hydrogen) atoms. The van der Waals surface area contributed by atoms with Crippen LogP contribution in [0.2, 0.25) is 0 Å². The van der Waals surface area contributed by atoms with E-state index in [1.54, 1.807) is 0 Å². The molecule has 0 radical (unpaired) electrons. The molecule has 7 nitrogen and oxygen atoms in total. The lowest BCUT2D eigenvalue weighted by molar-refractivity contribution is 0.258. The molecule has 0 atom stereocenters. The molecule has 0 aliphatic carbocycles. The predicted molar refractivity (Wildman–Crippen MR) is 165 cm³/mol. The molecule has 2 rings (SSSR count). The van der Waals surface area contributed by atoms with Gasteiger partial charge in [0.05, 0.1) is 0 Å². The van der Waals surface area contributed by atoms with E-state index < -0.39 is 0 Å². The second-order valence-electron chi connectivity index (χ2n) is 10.9. The molecule has 1 aliphatic rings. The normalized spacial score (nSPS) is 17.0. The summed E-state index contributed by atoms with van der Waals surface area (Å²) in [7, 11) is 0. The van der Waals surface area contributed by atoms with Gasteiger partial charge in [-0.05, 0) is 95.6 Å². The average Bonchev–Trinajstić information content (AvgIpc) is 2.93. The molecule has 1 fully saturated rings. The summed E-state index contributed by atoms with van der Waals surface area (Å²) in [5.74, 6) is 0. The minimum absolute atomic E-state index is 1.04. The van der Waals surface area contributed by atoms with Crippen molar-refractivity contribution in [2.24, 2.45) is 0 Å².